The van der Waals surface area contributed by atoms with Crippen molar-refractivity contribution in [3.63, 3.8) is 0 Å². The standard InChI is InChI=1S/C19H26N2O7S/c1-14(22)20-8-10-21(11-9-20)29(25,26)16-7-5-6-15(12-16)18(24)27-13-17(23)28-19(2,3)4/h5-7,12H,8-11,13H2,1-4H3. The van der Waals surface area contributed by atoms with Crippen molar-refractivity contribution in [1.29, 1.82) is 0 Å². The molecule has 1 amide bonds. The molecule has 0 saturated carbocycles. The number of nitrogens with zero attached hydrogens (tertiary/aromatic N) is 2. The highest BCUT2D eigenvalue weighted by Gasteiger charge is 2.30. The van der Waals surface area contributed by atoms with Crippen molar-refractivity contribution >= 4 is 27.9 Å². The van der Waals surface area contributed by atoms with Crippen LogP contribution in [0.25, 0.3) is 0 Å². The number of piperazine rings is 1. The molecule has 1 aliphatic heterocycles. The lowest BCUT2D eigenvalue weighted by molar-refractivity contribution is -0.158. The van der Waals surface area contributed by atoms with Gasteiger partial charge in [-0.05, 0) is 39.0 Å². The van der Waals surface area contributed by atoms with Crippen LogP contribution in [0.2, 0.25) is 0 Å². The normalized spacial score (nSPS) is 15.7. The summed E-state index contributed by atoms with van der Waals surface area (Å²) in [6.45, 7) is 6.92. The highest BCUT2D eigenvalue weighted by Crippen LogP contribution is 2.19. The number of benzene rings is 1. The molecule has 10 heteroatoms. The number of amides is 1. The minimum absolute atomic E-state index is 0.0111. The molecule has 1 saturated heterocycles. The topological polar surface area (TPSA) is 110 Å². The lowest BCUT2D eigenvalue weighted by Crippen LogP contribution is -2.49. The van der Waals surface area contributed by atoms with E-state index in [4.69, 9.17) is 9.47 Å². The summed E-state index contributed by atoms with van der Waals surface area (Å²) in [6.07, 6.45) is 0. The van der Waals surface area contributed by atoms with Crippen molar-refractivity contribution in [3.05, 3.63) is 29.8 Å². The first-order valence-electron chi connectivity index (χ1n) is 9.15. The van der Waals surface area contributed by atoms with Gasteiger partial charge in [-0.15, -0.1) is 0 Å². The molecule has 0 unspecified atom stereocenters. The van der Waals surface area contributed by atoms with Crippen LogP contribution >= 0.6 is 0 Å². The molecular formula is C19H26N2O7S. The fourth-order valence-electron chi connectivity index (χ4n) is 2.75. The van der Waals surface area contributed by atoms with Crippen LogP contribution in [0.1, 0.15) is 38.1 Å². The Labute approximate surface area is 170 Å². The highest BCUT2D eigenvalue weighted by molar-refractivity contribution is 7.89. The van der Waals surface area contributed by atoms with Gasteiger partial charge in [-0.1, -0.05) is 6.07 Å². The zero-order valence-corrected chi connectivity index (χ0v) is 17.8. The summed E-state index contributed by atoms with van der Waals surface area (Å²) < 4.78 is 37.0. The van der Waals surface area contributed by atoms with Crippen molar-refractivity contribution in [2.75, 3.05) is 32.8 Å². The molecule has 29 heavy (non-hydrogen) atoms. The molecule has 0 radical (unpaired) electrons. The van der Waals surface area contributed by atoms with E-state index in [0.29, 0.717) is 13.1 Å². The maximum absolute atomic E-state index is 12.9. The number of carbonyl (C=O) groups excluding carboxylic acids is 3. The molecule has 1 heterocycles. The number of carbonyl (C=O) groups is 3. The van der Waals surface area contributed by atoms with Crippen molar-refractivity contribution in [3.8, 4) is 0 Å². The second-order valence-electron chi connectivity index (χ2n) is 7.60. The lowest BCUT2D eigenvalue weighted by Gasteiger charge is -2.33. The predicted molar refractivity (Wildman–Crippen MR) is 104 cm³/mol. The van der Waals surface area contributed by atoms with Gasteiger partial charge in [0.2, 0.25) is 15.9 Å². The molecule has 0 atom stereocenters. The molecule has 1 fully saturated rings. The lowest BCUT2D eigenvalue weighted by atomic mass is 10.2. The van der Waals surface area contributed by atoms with Gasteiger partial charge < -0.3 is 14.4 Å². The highest BCUT2D eigenvalue weighted by atomic mass is 32.2. The third kappa shape index (κ3) is 6.26. The van der Waals surface area contributed by atoms with Gasteiger partial charge in [0.25, 0.3) is 0 Å². The summed E-state index contributed by atoms with van der Waals surface area (Å²) in [5.41, 5.74) is -0.693. The maximum atomic E-state index is 12.9. The van der Waals surface area contributed by atoms with Gasteiger partial charge in [0, 0.05) is 33.1 Å². The molecule has 0 aliphatic carbocycles. The Morgan fingerprint density at radius 2 is 1.69 bits per heavy atom. The summed E-state index contributed by atoms with van der Waals surface area (Å²) in [5.74, 6) is -1.62. The Hall–Kier alpha value is -2.46. The van der Waals surface area contributed by atoms with E-state index in [0.717, 1.165) is 0 Å². The average molecular weight is 426 g/mol. The van der Waals surface area contributed by atoms with E-state index in [1.807, 2.05) is 0 Å². The second kappa shape index (κ2) is 8.91. The van der Waals surface area contributed by atoms with Crippen molar-refractivity contribution in [2.45, 2.75) is 38.2 Å². The molecule has 2 rings (SSSR count). The van der Waals surface area contributed by atoms with Gasteiger partial charge in [0.1, 0.15) is 5.60 Å². The van der Waals surface area contributed by atoms with Crippen LogP contribution in [0.3, 0.4) is 0 Å². The summed E-state index contributed by atoms with van der Waals surface area (Å²) in [6, 6.07) is 5.44. The smallest absolute Gasteiger partial charge is 0.344 e. The van der Waals surface area contributed by atoms with Gasteiger partial charge >= 0.3 is 11.9 Å². The summed E-state index contributed by atoms with van der Waals surface area (Å²) in [5, 5.41) is 0. The van der Waals surface area contributed by atoms with Crippen LogP contribution in [-0.4, -0.2) is 73.9 Å². The predicted octanol–water partition coefficient (Wildman–Crippen LogP) is 1.04. The Balaban J connectivity index is 2.05. The first-order chi connectivity index (χ1) is 13.4. The quantitative estimate of drug-likeness (QED) is 0.647. The fourth-order valence-corrected chi connectivity index (χ4v) is 4.22. The largest absolute Gasteiger partial charge is 0.457 e. The van der Waals surface area contributed by atoms with E-state index in [2.05, 4.69) is 0 Å². The molecule has 9 nitrogen and oxygen atoms in total. The number of rotatable bonds is 5. The van der Waals surface area contributed by atoms with Crippen LogP contribution in [-0.2, 0) is 29.1 Å². The molecule has 160 valence electrons. The number of sulfonamides is 1. The maximum Gasteiger partial charge on any atom is 0.344 e. The monoisotopic (exact) mass is 426 g/mol. The van der Waals surface area contributed by atoms with E-state index in [1.165, 1.54) is 35.5 Å². The van der Waals surface area contributed by atoms with Crippen LogP contribution in [0, 0.1) is 0 Å². The molecule has 1 aromatic rings. The third-order valence-corrected chi connectivity index (χ3v) is 6.03. The van der Waals surface area contributed by atoms with Crippen molar-refractivity contribution < 1.29 is 32.3 Å². The first kappa shape index (κ1) is 22.8. The Kier molecular flexibility index (Phi) is 7.02. The first-order valence-corrected chi connectivity index (χ1v) is 10.6. The van der Waals surface area contributed by atoms with Crippen molar-refractivity contribution in [2.24, 2.45) is 0 Å². The van der Waals surface area contributed by atoms with E-state index < -0.39 is 34.2 Å². The molecule has 0 aromatic heterocycles. The fraction of sp³-hybridized carbons (Fsp3) is 0.526. The summed E-state index contributed by atoms with van der Waals surface area (Å²) >= 11 is 0. The molecule has 0 bridgehead atoms. The zero-order valence-electron chi connectivity index (χ0n) is 17.0. The number of hydrogen-bond donors (Lipinski definition) is 0. The number of ether oxygens (including phenoxy) is 2. The Morgan fingerprint density at radius 3 is 2.24 bits per heavy atom. The number of esters is 2. The average Bonchev–Trinajstić information content (AvgIpc) is 2.65. The minimum atomic E-state index is -3.83. The van der Waals surface area contributed by atoms with Gasteiger partial charge in [-0.3, -0.25) is 4.79 Å². The minimum Gasteiger partial charge on any atom is -0.457 e. The van der Waals surface area contributed by atoms with Crippen LogP contribution in [0.15, 0.2) is 29.2 Å². The van der Waals surface area contributed by atoms with Gasteiger partial charge in [0.15, 0.2) is 6.61 Å². The molecule has 1 aliphatic rings. The molecule has 0 spiro atoms. The van der Waals surface area contributed by atoms with Crippen LogP contribution < -0.4 is 0 Å². The molecule has 1 aromatic carbocycles. The second-order valence-corrected chi connectivity index (χ2v) is 9.54. The Morgan fingerprint density at radius 1 is 1.07 bits per heavy atom. The van der Waals surface area contributed by atoms with E-state index in [1.54, 1.807) is 25.7 Å². The van der Waals surface area contributed by atoms with Crippen LogP contribution in [0.5, 0.6) is 0 Å². The van der Waals surface area contributed by atoms with Crippen LogP contribution in [0.4, 0.5) is 0 Å². The summed E-state index contributed by atoms with van der Waals surface area (Å²) in [4.78, 5) is 36.8. The van der Waals surface area contributed by atoms with Gasteiger partial charge in [0.05, 0.1) is 10.5 Å². The third-order valence-electron chi connectivity index (χ3n) is 4.13. The van der Waals surface area contributed by atoms with Gasteiger partial charge in [-0.25, -0.2) is 18.0 Å². The van der Waals surface area contributed by atoms with E-state index >= 15 is 0 Å². The number of hydrogen-bond acceptors (Lipinski definition) is 7. The SMILES string of the molecule is CC(=O)N1CCN(S(=O)(=O)c2cccc(C(=O)OCC(=O)OC(C)(C)C)c2)CC1. The van der Waals surface area contributed by atoms with Gasteiger partial charge in [-0.2, -0.15) is 4.31 Å². The molecule has 0 N–H and O–H groups in total. The Bertz CT molecular complexity index is 882. The molecular weight excluding hydrogens is 400 g/mol. The van der Waals surface area contributed by atoms with E-state index in [-0.39, 0.29) is 29.5 Å². The zero-order chi connectivity index (χ0) is 21.8. The van der Waals surface area contributed by atoms with E-state index in [9.17, 15) is 22.8 Å². The van der Waals surface area contributed by atoms with Crippen molar-refractivity contribution in [1.82, 2.24) is 9.21 Å². The summed E-state index contributed by atoms with van der Waals surface area (Å²) in [7, 11) is -3.83.